The van der Waals surface area contributed by atoms with Gasteiger partial charge in [-0.25, -0.2) is 9.36 Å². The van der Waals surface area contributed by atoms with E-state index in [1.54, 1.807) is 28.8 Å². The second kappa shape index (κ2) is 7.86. The molecule has 4 rings (SSSR count). The molecule has 6 heteroatoms. The summed E-state index contributed by atoms with van der Waals surface area (Å²) in [5, 5.41) is 1.85. The van der Waals surface area contributed by atoms with Crippen LogP contribution in [0.4, 0.5) is 0 Å². The third kappa shape index (κ3) is 3.39. The molecule has 0 saturated heterocycles. The predicted octanol–water partition coefficient (Wildman–Crippen LogP) is 3.86. The van der Waals surface area contributed by atoms with Gasteiger partial charge >= 0.3 is 5.69 Å². The summed E-state index contributed by atoms with van der Waals surface area (Å²) < 4.78 is 8.98. The summed E-state index contributed by atoms with van der Waals surface area (Å²) in [6, 6.07) is 18.9. The molecule has 0 aliphatic heterocycles. The van der Waals surface area contributed by atoms with Crippen molar-refractivity contribution in [2.75, 3.05) is 6.61 Å². The maximum Gasteiger partial charge on any atom is 0.336 e. The molecule has 28 heavy (non-hydrogen) atoms. The van der Waals surface area contributed by atoms with Crippen LogP contribution in [0.1, 0.15) is 12.5 Å². The Bertz CT molecular complexity index is 1200. The lowest BCUT2D eigenvalue weighted by molar-refractivity contribution is 0.340. The Hall–Kier alpha value is -3.12. The number of rotatable bonds is 6. The number of nitrogens with zero attached hydrogens (tertiary/aromatic N) is 2. The van der Waals surface area contributed by atoms with Crippen molar-refractivity contribution < 1.29 is 4.74 Å². The minimum absolute atomic E-state index is 0.282. The Morgan fingerprint density at radius 3 is 2.43 bits per heavy atom. The molecule has 0 amide bonds. The van der Waals surface area contributed by atoms with Gasteiger partial charge in [-0.1, -0.05) is 30.3 Å². The van der Waals surface area contributed by atoms with Gasteiger partial charge in [-0.05, 0) is 54.6 Å². The summed E-state index contributed by atoms with van der Waals surface area (Å²) in [4.78, 5) is 26.2. The summed E-state index contributed by atoms with van der Waals surface area (Å²) in [5.41, 5.74) is 1.78. The molecule has 0 bridgehead atoms. The van der Waals surface area contributed by atoms with E-state index in [4.69, 9.17) is 4.74 Å². The van der Waals surface area contributed by atoms with Crippen molar-refractivity contribution in [3.05, 3.63) is 92.4 Å². The van der Waals surface area contributed by atoms with Crippen molar-refractivity contribution in [2.45, 2.75) is 19.9 Å². The van der Waals surface area contributed by atoms with Crippen LogP contribution in [-0.4, -0.2) is 15.7 Å². The van der Waals surface area contributed by atoms with Crippen molar-refractivity contribution in [3.8, 4) is 11.4 Å². The molecular formula is C22H20N2O3S. The first-order valence-corrected chi connectivity index (χ1v) is 10.1. The fourth-order valence-electron chi connectivity index (χ4n) is 3.27. The van der Waals surface area contributed by atoms with Crippen LogP contribution in [0.2, 0.25) is 0 Å². The summed E-state index contributed by atoms with van der Waals surface area (Å²) >= 11 is 1.36. The van der Waals surface area contributed by atoms with Crippen molar-refractivity contribution in [2.24, 2.45) is 0 Å². The Labute approximate surface area is 166 Å². The number of aryl methyl sites for hydroxylation is 2. The van der Waals surface area contributed by atoms with E-state index < -0.39 is 0 Å². The lowest BCUT2D eigenvalue weighted by Gasteiger charge is -2.13. The number of thiophene rings is 1. The highest BCUT2D eigenvalue weighted by molar-refractivity contribution is 7.17. The molecule has 4 aromatic rings. The van der Waals surface area contributed by atoms with Gasteiger partial charge in [-0.3, -0.25) is 9.36 Å². The van der Waals surface area contributed by atoms with Gasteiger partial charge in [0, 0.05) is 6.54 Å². The van der Waals surface area contributed by atoms with E-state index in [1.165, 1.54) is 15.9 Å². The van der Waals surface area contributed by atoms with E-state index in [1.807, 2.05) is 48.7 Å². The Kier molecular flexibility index (Phi) is 5.12. The molecule has 142 valence electrons. The van der Waals surface area contributed by atoms with E-state index >= 15 is 0 Å². The Balaban J connectivity index is 1.81. The molecule has 2 aromatic carbocycles. The van der Waals surface area contributed by atoms with Crippen LogP contribution in [0, 0.1) is 0 Å². The molecule has 0 spiro atoms. The maximum atomic E-state index is 13.2. The normalized spacial score (nSPS) is 11.0. The molecule has 2 heterocycles. The zero-order chi connectivity index (χ0) is 19.5. The predicted molar refractivity (Wildman–Crippen MR) is 113 cm³/mol. The van der Waals surface area contributed by atoms with Crippen LogP contribution < -0.4 is 16.0 Å². The molecular weight excluding hydrogens is 372 g/mol. The minimum Gasteiger partial charge on any atom is -0.494 e. The number of hydrogen-bond acceptors (Lipinski definition) is 4. The van der Waals surface area contributed by atoms with Gasteiger partial charge in [0.15, 0.2) is 0 Å². The lowest BCUT2D eigenvalue weighted by atomic mass is 10.1. The average molecular weight is 392 g/mol. The third-order valence-corrected chi connectivity index (χ3v) is 5.52. The van der Waals surface area contributed by atoms with Gasteiger partial charge in [0.05, 0.1) is 17.8 Å². The Morgan fingerprint density at radius 2 is 1.71 bits per heavy atom. The van der Waals surface area contributed by atoms with E-state index in [2.05, 4.69) is 0 Å². The van der Waals surface area contributed by atoms with Gasteiger partial charge < -0.3 is 4.74 Å². The second-order valence-corrected chi connectivity index (χ2v) is 7.29. The average Bonchev–Trinajstić information content (AvgIpc) is 3.20. The molecule has 0 unspecified atom stereocenters. The van der Waals surface area contributed by atoms with Gasteiger partial charge in [-0.2, -0.15) is 0 Å². The smallest absolute Gasteiger partial charge is 0.336 e. The topological polar surface area (TPSA) is 53.2 Å². The maximum absolute atomic E-state index is 13.2. The number of ether oxygens (including phenoxy) is 1. The number of aromatic nitrogens is 2. The highest BCUT2D eigenvalue weighted by Crippen LogP contribution is 2.18. The van der Waals surface area contributed by atoms with Crippen molar-refractivity contribution in [1.82, 2.24) is 9.13 Å². The molecule has 5 nitrogen and oxygen atoms in total. The zero-order valence-corrected chi connectivity index (χ0v) is 16.3. The quantitative estimate of drug-likeness (QED) is 0.501. The molecule has 0 N–H and O–H groups in total. The van der Waals surface area contributed by atoms with E-state index in [0.29, 0.717) is 41.2 Å². The van der Waals surface area contributed by atoms with Crippen LogP contribution in [0.5, 0.6) is 5.75 Å². The SMILES string of the molecule is CCOc1ccc(-n2c(=O)c3sccc3n(CCc3ccccc3)c2=O)cc1. The van der Waals surface area contributed by atoms with Gasteiger partial charge in [0.25, 0.3) is 5.56 Å². The molecule has 0 atom stereocenters. The first-order valence-electron chi connectivity index (χ1n) is 9.19. The molecule has 0 aliphatic carbocycles. The van der Waals surface area contributed by atoms with Crippen molar-refractivity contribution in [3.63, 3.8) is 0 Å². The van der Waals surface area contributed by atoms with Crippen molar-refractivity contribution >= 4 is 21.6 Å². The minimum atomic E-state index is -0.323. The molecule has 0 aliphatic rings. The molecule has 0 fully saturated rings. The monoisotopic (exact) mass is 392 g/mol. The highest BCUT2D eigenvalue weighted by atomic mass is 32.1. The van der Waals surface area contributed by atoms with E-state index in [-0.39, 0.29) is 11.2 Å². The van der Waals surface area contributed by atoms with Crippen LogP contribution in [0.25, 0.3) is 15.9 Å². The fourth-order valence-corrected chi connectivity index (χ4v) is 4.10. The Morgan fingerprint density at radius 1 is 0.964 bits per heavy atom. The van der Waals surface area contributed by atoms with E-state index in [0.717, 1.165) is 5.56 Å². The standard InChI is InChI=1S/C22H20N2O3S/c1-2-27-18-10-8-17(9-11-18)24-21(25)20-19(13-15-28-20)23(22(24)26)14-12-16-6-4-3-5-7-16/h3-11,13,15H,2,12,14H2,1H3. The first-order chi connectivity index (χ1) is 13.7. The van der Waals surface area contributed by atoms with Crippen LogP contribution >= 0.6 is 11.3 Å². The third-order valence-electron chi connectivity index (χ3n) is 4.63. The van der Waals surface area contributed by atoms with Crippen LogP contribution in [0.15, 0.2) is 75.6 Å². The first kappa shape index (κ1) is 18.3. The molecule has 0 radical (unpaired) electrons. The fraction of sp³-hybridized carbons (Fsp3) is 0.182. The summed E-state index contributed by atoms with van der Waals surface area (Å²) in [5.74, 6) is 0.709. The summed E-state index contributed by atoms with van der Waals surface area (Å²) in [6.07, 6.45) is 0.715. The summed E-state index contributed by atoms with van der Waals surface area (Å²) in [6.45, 7) is 2.98. The van der Waals surface area contributed by atoms with Gasteiger partial charge in [-0.15, -0.1) is 11.3 Å². The number of benzene rings is 2. The van der Waals surface area contributed by atoms with Crippen LogP contribution in [0.3, 0.4) is 0 Å². The molecule has 2 aromatic heterocycles. The van der Waals surface area contributed by atoms with Gasteiger partial charge in [0.2, 0.25) is 0 Å². The summed E-state index contributed by atoms with van der Waals surface area (Å²) in [7, 11) is 0. The lowest BCUT2D eigenvalue weighted by Crippen LogP contribution is -2.38. The second-order valence-electron chi connectivity index (χ2n) is 6.37. The number of fused-ring (bicyclic) bond motifs is 1. The van der Waals surface area contributed by atoms with E-state index in [9.17, 15) is 9.59 Å². The molecule has 0 saturated carbocycles. The number of hydrogen-bond donors (Lipinski definition) is 0. The van der Waals surface area contributed by atoms with Crippen LogP contribution in [-0.2, 0) is 13.0 Å². The largest absolute Gasteiger partial charge is 0.494 e. The van der Waals surface area contributed by atoms with Gasteiger partial charge in [0.1, 0.15) is 10.4 Å². The highest BCUT2D eigenvalue weighted by Gasteiger charge is 2.15. The zero-order valence-electron chi connectivity index (χ0n) is 15.5. The van der Waals surface area contributed by atoms with Crippen molar-refractivity contribution in [1.29, 1.82) is 0 Å².